The van der Waals surface area contributed by atoms with E-state index in [1.54, 1.807) is 18.3 Å². The summed E-state index contributed by atoms with van der Waals surface area (Å²) in [5, 5.41) is 4.44. The lowest BCUT2D eigenvalue weighted by Gasteiger charge is -2.52. The zero-order valence-corrected chi connectivity index (χ0v) is 31.9. The summed E-state index contributed by atoms with van der Waals surface area (Å²) in [6, 6.07) is 11.1. The van der Waals surface area contributed by atoms with Gasteiger partial charge in [-0.25, -0.2) is 0 Å². The first-order valence-electron chi connectivity index (χ1n) is 19.1. The number of hydrogen-bond acceptors (Lipinski definition) is 8. The number of amides is 1. The number of rotatable bonds is 13. The summed E-state index contributed by atoms with van der Waals surface area (Å²) < 4.78 is 14.4. The summed E-state index contributed by atoms with van der Waals surface area (Å²) in [6.45, 7) is 8.07. The highest BCUT2D eigenvalue weighted by molar-refractivity contribution is 6.36. The third-order valence-corrected chi connectivity index (χ3v) is 12.1. The molecule has 1 N–H and O–H groups in total. The summed E-state index contributed by atoms with van der Waals surface area (Å²) in [7, 11) is 1.91. The Kier molecular flexibility index (Phi) is 11.6. The van der Waals surface area contributed by atoms with Crippen LogP contribution in [0, 0.1) is 11.8 Å². The first-order valence-corrected chi connectivity index (χ1v) is 19.9. The molecule has 1 atom stereocenters. The number of benzene rings is 2. The molecule has 4 fully saturated rings. The summed E-state index contributed by atoms with van der Waals surface area (Å²) in [6.07, 6.45) is 8.98. The van der Waals surface area contributed by atoms with Crippen molar-refractivity contribution in [3.05, 3.63) is 63.8 Å². The smallest absolute Gasteiger partial charge is 0.308 e. The van der Waals surface area contributed by atoms with E-state index in [1.807, 2.05) is 42.8 Å². The van der Waals surface area contributed by atoms with Crippen LogP contribution in [0.25, 0.3) is 10.9 Å². The number of ketones is 1. The molecular formula is C40H51Cl2N5O5. The number of esters is 1. The number of ether oxygens (including phenoxy) is 2. The highest BCUT2D eigenvalue weighted by Crippen LogP contribution is 2.39. The number of aryl methyl sites for hydroxylation is 1. The highest BCUT2D eigenvalue weighted by atomic mass is 35.5. The molecule has 3 heterocycles. The van der Waals surface area contributed by atoms with Gasteiger partial charge in [0.25, 0.3) is 5.91 Å². The van der Waals surface area contributed by atoms with Crippen LogP contribution in [0.1, 0.15) is 74.2 Å². The number of nitrogens with one attached hydrogen (secondary N) is 1. The van der Waals surface area contributed by atoms with Crippen molar-refractivity contribution in [3.8, 4) is 0 Å². The summed E-state index contributed by atoms with van der Waals surface area (Å²) in [5.41, 5.74) is 2.45. The molecule has 2 aliphatic heterocycles. The van der Waals surface area contributed by atoms with Gasteiger partial charge in [0.1, 0.15) is 0 Å². The Morgan fingerprint density at radius 3 is 2.27 bits per heavy atom. The number of hydrogen-bond donors (Lipinski definition) is 1. The Balaban J connectivity index is 1.14. The van der Waals surface area contributed by atoms with E-state index in [0.717, 1.165) is 75.5 Å². The Hall–Kier alpha value is -2.99. The molecule has 10 nitrogen and oxygen atoms in total. The van der Waals surface area contributed by atoms with Crippen molar-refractivity contribution in [1.29, 1.82) is 0 Å². The van der Waals surface area contributed by atoms with Crippen molar-refractivity contribution in [2.75, 3.05) is 57.7 Å². The predicted octanol–water partition coefficient (Wildman–Crippen LogP) is 6.76. The molecule has 0 radical (unpaired) electrons. The normalized spacial score (nSPS) is 23.1. The van der Waals surface area contributed by atoms with Crippen LogP contribution in [0.4, 0.5) is 5.69 Å². The number of para-hydroxylation sites is 1. The second kappa shape index (κ2) is 16.2. The van der Waals surface area contributed by atoms with E-state index in [4.69, 9.17) is 32.7 Å². The highest BCUT2D eigenvalue weighted by Gasteiger charge is 2.53. The number of aromatic nitrogens is 1. The van der Waals surface area contributed by atoms with E-state index in [1.165, 1.54) is 12.8 Å². The molecule has 4 aliphatic rings. The number of anilines is 1. The van der Waals surface area contributed by atoms with Gasteiger partial charge < -0.3 is 24.3 Å². The summed E-state index contributed by atoms with van der Waals surface area (Å²) in [5.74, 6) is -1.10. The average Bonchev–Trinajstić information content (AvgIpc) is 3.65. The quantitative estimate of drug-likeness (QED) is 0.192. The molecule has 3 aromatic rings. The SMILES string of the molecule is CCOC(=O)[C@H]1CC[C@H](OC(C(=O)Cc2cc(Cl)c(NC(=O)c3cn(C)c4ccccc34)cc2Cl)(N2CCCC2)N2CCN(CC3CC3)CC2)CC1. The van der Waals surface area contributed by atoms with Crippen molar-refractivity contribution in [2.45, 2.75) is 76.7 Å². The number of piperazine rings is 1. The van der Waals surface area contributed by atoms with Crippen LogP contribution in [0.3, 0.4) is 0 Å². The number of carbonyl (C=O) groups is 3. The Labute approximate surface area is 316 Å². The molecule has 2 saturated carbocycles. The fraction of sp³-hybridized carbons (Fsp3) is 0.575. The third-order valence-electron chi connectivity index (χ3n) is 11.4. The molecule has 7 rings (SSSR count). The van der Waals surface area contributed by atoms with Gasteiger partial charge in [-0.05, 0) is 88.0 Å². The molecule has 280 valence electrons. The van der Waals surface area contributed by atoms with Crippen molar-refractivity contribution in [1.82, 2.24) is 19.3 Å². The van der Waals surface area contributed by atoms with E-state index >= 15 is 4.79 Å². The van der Waals surface area contributed by atoms with Crippen LogP contribution < -0.4 is 5.32 Å². The Bertz CT molecular complexity index is 1770. The number of halogens is 2. The minimum absolute atomic E-state index is 0.0209. The molecule has 2 aromatic carbocycles. The molecule has 0 spiro atoms. The number of fused-ring (bicyclic) bond motifs is 1. The van der Waals surface area contributed by atoms with Gasteiger partial charge in [0.05, 0.1) is 34.9 Å². The molecule has 1 aromatic heterocycles. The standard InChI is InChI=1S/C40H51Cl2N5O5/c1-3-51-39(50)28-12-14-30(15-13-28)52-40(46-16-6-7-17-46,47-20-18-45(19-21-47)25-27-10-11-27)37(48)23-29-22-34(42)35(24-33(29)41)43-38(49)32-26-44(2)36-9-5-4-8-31(32)36/h4-5,8-9,22,24,26-28,30H,3,6-7,10-21,23,25H2,1-2H3,(H,43,49)/t28-,30-,40?. The second-order valence-corrected chi connectivity index (χ2v) is 15.8. The summed E-state index contributed by atoms with van der Waals surface area (Å²) in [4.78, 5) is 48.1. The maximum absolute atomic E-state index is 15.1. The van der Waals surface area contributed by atoms with Crippen LogP contribution in [0.15, 0.2) is 42.6 Å². The van der Waals surface area contributed by atoms with Crippen LogP contribution >= 0.6 is 23.2 Å². The minimum atomic E-state index is -1.26. The van der Waals surface area contributed by atoms with Crippen molar-refractivity contribution in [3.63, 3.8) is 0 Å². The minimum Gasteiger partial charge on any atom is -0.466 e. The van der Waals surface area contributed by atoms with Crippen LogP contribution in [0.2, 0.25) is 10.0 Å². The van der Waals surface area contributed by atoms with Gasteiger partial charge in [0.15, 0.2) is 5.78 Å². The van der Waals surface area contributed by atoms with E-state index in [9.17, 15) is 9.59 Å². The first-order chi connectivity index (χ1) is 25.2. The third kappa shape index (κ3) is 7.93. The predicted molar refractivity (Wildman–Crippen MR) is 204 cm³/mol. The zero-order chi connectivity index (χ0) is 36.4. The van der Waals surface area contributed by atoms with Crippen LogP contribution in [-0.2, 0) is 32.5 Å². The molecule has 1 amide bonds. The lowest BCUT2D eigenvalue weighted by Crippen LogP contribution is -2.70. The molecule has 12 heteroatoms. The number of nitrogens with zero attached hydrogens (tertiary/aromatic N) is 4. The zero-order valence-electron chi connectivity index (χ0n) is 30.4. The lowest BCUT2D eigenvalue weighted by molar-refractivity contribution is -0.260. The van der Waals surface area contributed by atoms with Gasteiger partial charge in [0.2, 0.25) is 5.85 Å². The van der Waals surface area contributed by atoms with Crippen LogP contribution in [0.5, 0.6) is 0 Å². The van der Waals surface area contributed by atoms with Gasteiger partial charge in [-0.2, -0.15) is 0 Å². The number of likely N-dealkylation sites (tertiary alicyclic amines) is 1. The maximum Gasteiger partial charge on any atom is 0.308 e. The van der Waals surface area contributed by atoms with E-state index in [0.29, 0.717) is 59.1 Å². The topological polar surface area (TPSA) is 96.3 Å². The fourth-order valence-electron chi connectivity index (χ4n) is 8.42. The first kappa shape index (κ1) is 37.3. The van der Waals surface area contributed by atoms with E-state index in [-0.39, 0.29) is 36.1 Å². The monoisotopic (exact) mass is 751 g/mol. The largest absolute Gasteiger partial charge is 0.466 e. The van der Waals surface area contributed by atoms with Gasteiger partial charge in [-0.1, -0.05) is 41.4 Å². The summed E-state index contributed by atoms with van der Waals surface area (Å²) >= 11 is 13.7. The van der Waals surface area contributed by atoms with Gasteiger partial charge in [0, 0.05) is 81.4 Å². The van der Waals surface area contributed by atoms with Gasteiger partial charge in [-0.15, -0.1) is 0 Å². The van der Waals surface area contributed by atoms with Crippen molar-refractivity contribution in [2.24, 2.45) is 18.9 Å². The lowest BCUT2D eigenvalue weighted by atomic mass is 9.87. The maximum atomic E-state index is 15.1. The van der Waals surface area contributed by atoms with Gasteiger partial charge in [-0.3, -0.25) is 24.2 Å². The Morgan fingerprint density at radius 1 is 0.885 bits per heavy atom. The molecule has 1 unspecified atom stereocenters. The van der Waals surface area contributed by atoms with E-state index in [2.05, 4.69) is 20.0 Å². The molecule has 2 saturated heterocycles. The molecule has 0 bridgehead atoms. The second-order valence-electron chi connectivity index (χ2n) is 15.0. The van der Waals surface area contributed by atoms with Crippen molar-refractivity contribution >= 4 is 57.5 Å². The molecular weight excluding hydrogens is 701 g/mol. The van der Waals surface area contributed by atoms with Gasteiger partial charge >= 0.3 is 5.97 Å². The van der Waals surface area contributed by atoms with Crippen LogP contribution in [-0.4, -0.2) is 101 Å². The number of carbonyl (C=O) groups excluding carboxylic acids is 3. The van der Waals surface area contributed by atoms with E-state index < -0.39 is 5.85 Å². The van der Waals surface area contributed by atoms with Crippen molar-refractivity contribution < 1.29 is 23.9 Å². The fourth-order valence-corrected chi connectivity index (χ4v) is 8.88. The molecule has 52 heavy (non-hydrogen) atoms. The number of Topliss-reactive ketones (excluding diaryl/α,β-unsaturated/α-hetero) is 1. The Morgan fingerprint density at radius 2 is 1.58 bits per heavy atom. The molecule has 2 aliphatic carbocycles. The average molecular weight is 753 g/mol.